The summed E-state index contributed by atoms with van der Waals surface area (Å²) in [5.74, 6) is -0.376. The number of rotatable bonds is 4. The number of halogens is 3. The minimum absolute atomic E-state index is 0.0883. The number of ether oxygens (including phenoxy) is 1. The van der Waals surface area contributed by atoms with Crippen molar-refractivity contribution in [3.05, 3.63) is 82.9 Å². The molecule has 0 atom stereocenters. The van der Waals surface area contributed by atoms with Crippen molar-refractivity contribution in [1.82, 2.24) is 24.4 Å². The summed E-state index contributed by atoms with van der Waals surface area (Å²) in [6.45, 7) is 1.99. The zero-order valence-corrected chi connectivity index (χ0v) is 17.2. The molecule has 2 aromatic carbocycles. The van der Waals surface area contributed by atoms with Crippen LogP contribution in [0.25, 0.3) is 33.5 Å². The lowest BCUT2D eigenvalue weighted by atomic mass is 10.0. The van der Waals surface area contributed by atoms with E-state index < -0.39 is 11.9 Å². The Labute approximate surface area is 184 Å². The van der Waals surface area contributed by atoms with E-state index in [1.54, 1.807) is 10.6 Å². The van der Waals surface area contributed by atoms with Crippen LogP contribution < -0.4 is 10.3 Å². The van der Waals surface area contributed by atoms with Crippen molar-refractivity contribution >= 4 is 16.7 Å². The van der Waals surface area contributed by atoms with Gasteiger partial charge in [-0.2, -0.15) is 5.10 Å². The highest BCUT2D eigenvalue weighted by Crippen LogP contribution is 2.29. The van der Waals surface area contributed by atoms with Gasteiger partial charge in [-0.05, 0) is 42.3 Å². The molecule has 0 amide bonds. The summed E-state index contributed by atoms with van der Waals surface area (Å²) in [5, 5.41) is 13.1. The number of nitrogens with zero attached hydrogens (tertiary/aromatic N) is 5. The minimum Gasteiger partial charge on any atom is -0.406 e. The first-order chi connectivity index (χ1) is 15.9. The van der Waals surface area contributed by atoms with Crippen LogP contribution in [0.15, 0.2) is 71.7 Å². The third-order valence-corrected chi connectivity index (χ3v) is 5.20. The van der Waals surface area contributed by atoms with Gasteiger partial charge in [0.1, 0.15) is 11.3 Å². The van der Waals surface area contributed by atoms with Crippen LogP contribution in [0.5, 0.6) is 5.75 Å². The molecule has 5 aromatic rings. The summed E-state index contributed by atoms with van der Waals surface area (Å²) in [7, 11) is 0. The highest BCUT2D eigenvalue weighted by atomic mass is 19.4. The molecule has 0 fully saturated rings. The Morgan fingerprint density at radius 3 is 2.36 bits per heavy atom. The molecule has 0 aliphatic carbocycles. The monoisotopic (exact) mass is 451 g/mol. The smallest absolute Gasteiger partial charge is 0.406 e. The van der Waals surface area contributed by atoms with Gasteiger partial charge in [-0.1, -0.05) is 37.3 Å². The van der Waals surface area contributed by atoms with Gasteiger partial charge in [-0.25, -0.2) is 4.52 Å². The average Bonchev–Trinajstić information content (AvgIpc) is 3.19. The van der Waals surface area contributed by atoms with E-state index in [0.29, 0.717) is 23.3 Å². The largest absolute Gasteiger partial charge is 0.573 e. The maximum atomic E-state index is 13.1. The van der Waals surface area contributed by atoms with Gasteiger partial charge in [-0.3, -0.25) is 9.36 Å². The third kappa shape index (κ3) is 3.69. The molecule has 0 N–H and O–H groups in total. The summed E-state index contributed by atoms with van der Waals surface area (Å²) in [6.07, 6.45) is -2.60. The topological polar surface area (TPSA) is 74.3 Å². The Hall–Kier alpha value is -4.21. The molecule has 3 aromatic heterocycles. The molecule has 3 heterocycles. The summed E-state index contributed by atoms with van der Waals surface area (Å²) in [4.78, 5) is 13.1. The Kier molecular flexibility index (Phi) is 4.85. The number of aromatic nitrogens is 5. The van der Waals surface area contributed by atoms with E-state index in [1.165, 1.54) is 22.9 Å². The number of alkyl halides is 3. The van der Waals surface area contributed by atoms with Crippen LogP contribution in [0, 0.1) is 0 Å². The normalized spacial score (nSPS) is 11.9. The van der Waals surface area contributed by atoms with Crippen LogP contribution in [0.1, 0.15) is 12.6 Å². The minimum atomic E-state index is -4.79. The molecule has 0 bridgehead atoms. The van der Waals surface area contributed by atoms with E-state index in [0.717, 1.165) is 29.0 Å². The predicted molar refractivity (Wildman–Crippen MR) is 115 cm³/mol. The third-order valence-electron chi connectivity index (χ3n) is 5.20. The second-order valence-electron chi connectivity index (χ2n) is 7.24. The zero-order valence-electron chi connectivity index (χ0n) is 17.2. The van der Waals surface area contributed by atoms with E-state index in [9.17, 15) is 18.0 Å². The molecule has 0 aliphatic rings. The molecule has 7 nitrogen and oxygen atoms in total. The highest BCUT2D eigenvalue weighted by Gasteiger charge is 2.31. The van der Waals surface area contributed by atoms with E-state index in [4.69, 9.17) is 0 Å². The number of pyridine rings is 1. The van der Waals surface area contributed by atoms with E-state index in [-0.39, 0.29) is 11.3 Å². The van der Waals surface area contributed by atoms with E-state index in [1.807, 2.05) is 37.3 Å². The SMILES string of the molecule is CCc1nn2c(nnc3c(=O)n(-c4ccc(OC(F)(F)F)cc4)ccc32)c1-c1ccccc1. The lowest BCUT2D eigenvalue weighted by Gasteiger charge is -2.10. The first-order valence-electron chi connectivity index (χ1n) is 10.1. The predicted octanol–water partition coefficient (Wildman–Crippen LogP) is 4.56. The van der Waals surface area contributed by atoms with Crippen LogP contribution in [-0.4, -0.2) is 30.7 Å². The fourth-order valence-electron chi connectivity index (χ4n) is 3.75. The van der Waals surface area contributed by atoms with Crippen molar-refractivity contribution < 1.29 is 17.9 Å². The second-order valence-corrected chi connectivity index (χ2v) is 7.24. The fraction of sp³-hybridized carbons (Fsp3) is 0.130. The van der Waals surface area contributed by atoms with Gasteiger partial charge >= 0.3 is 6.36 Å². The van der Waals surface area contributed by atoms with Crippen LogP contribution >= 0.6 is 0 Å². The molecular formula is C23H16F3N5O2. The van der Waals surface area contributed by atoms with Crippen molar-refractivity contribution in [1.29, 1.82) is 0 Å². The quantitative estimate of drug-likeness (QED) is 0.401. The molecular weight excluding hydrogens is 435 g/mol. The second kappa shape index (κ2) is 7.73. The zero-order chi connectivity index (χ0) is 23.2. The summed E-state index contributed by atoms with van der Waals surface area (Å²) in [6, 6.07) is 16.4. The first-order valence-corrected chi connectivity index (χ1v) is 10.1. The van der Waals surface area contributed by atoms with Crippen molar-refractivity contribution in [2.45, 2.75) is 19.7 Å². The molecule has 33 heavy (non-hydrogen) atoms. The molecule has 166 valence electrons. The molecule has 0 unspecified atom stereocenters. The van der Waals surface area contributed by atoms with Crippen LogP contribution in [0.4, 0.5) is 13.2 Å². The number of fused-ring (bicyclic) bond motifs is 3. The Bertz CT molecular complexity index is 1520. The molecule has 0 spiro atoms. The standard InChI is InChI=1S/C23H16F3N5O2/c1-2-17-19(14-6-4-3-5-7-14)21-28-27-20-18(31(21)29-17)12-13-30(22(20)32)15-8-10-16(11-9-15)33-23(24,25)26/h3-13H,2H2,1H3. The van der Waals surface area contributed by atoms with Gasteiger partial charge in [-0.15, -0.1) is 23.4 Å². The van der Waals surface area contributed by atoms with Gasteiger partial charge < -0.3 is 4.74 Å². The molecule has 0 saturated carbocycles. The van der Waals surface area contributed by atoms with Crippen molar-refractivity contribution in [2.75, 3.05) is 0 Å². The number of hydrogen-bond donors (Lipinski definition) is 0. The molecule has 0 saturated heterocycles. The van der Waals surface area contributed by atoms with Crippen molar-refractivity contribution in [2.24, 2.45) is 0 Å². The lowest BCUT2D eigenvalue weighted by Crippen LogP contribution is -2.20. The van der Waals surface area contributed by atoms with Gasteiger partial charge in [0.05, 0.1) is 11.3 Å². The van der Waals surface area contributed by atoms with Gasteiger partial charge in [0.2, 0.25) is 0 Å². The van der Waals surface area contributed by atoms with Crippen LogP contribution in [0.2, 0.25) is 0 Å². The molecule has 0 radical (unpaired) electrons. The van der Waals surface area contributed by atoms with Crippen molar-refractivity contribution in [3.8, 4) is 22.6 Å². The highest BCUT2D eigenvalue weighted by molar-refractivity contribution is 5.84. The number of aryl methyl sites for hydroxylation is 1. The molecule has 5 rings (SSSR count). The van der Waals surface area contributed by atoms with E-state index in [2.05, 4.69) is 20.0 Å². The lowest BCUT2D eigenvalue weighted by molar-refractivity contribution is -0.274. The Balaban J connectivity index is 1.64. The number of benzene rings is 2. The maximum absolute atomic E-state index is 13.1. The summed E-state index contributed by atoms with van der Waals surface area (Å²) < 4.78 is 44.0. The Morgan fingerprint density at radius 1 is 0.970 bits per heavy atom. The van der Waals surface area contributed by atoms with Gasteiger partial charge in [0, 0.05) is 11.9 Å². The molecule has 0 aliphatic heterocycles. The number of hydrogen-bond acceptors (Lipinski definition) is 5. The van der Waals surface area contributed by atoms with Crippen LogP contribution in [-0.2, 0) is 6.42 Å². The van der Waals surface area contributed by atoms with Gasteiger partial charge in [0.15, 0.2) is 11.2 Å². The average molecular weight is 451 g/mol. The van der Waals surface area contributed by atoms with Gasteiger partial charge in [0.25, 0.3) is 5.56 Å². The van der Waals surface area contributed by atoms with Crippen molar-refractivity contribution in [3.63, 3.8) is 0 Å². The maximum Gasteiger partial charge on any atom is 0.573 e. The molecule has 10 heteroatoms. The van der Waals surface area contributed by atoms with E-state index >= 15 is 0 Å². The first kappa shape index (κ1) is 20.7. The Morgan fingerprint density at radius 2 is 1.70 bits per heavy atom. The summed E-state index contributed by atoms with van der Waals surface area (Å²) in [5.41, 5.74) is 3.63. The summed E-state index contributed by atoms with van der Waals surface area (Å²) >= 11 is 0. The fourth-order valence-corrected chi connectivity index (χ4v) is 3.75. The van der Waals surface area contributed by atoms with Crippen LogP contribution in [0.3, 0.4) is 0 Å².